The topological polar surface area (TPSA) is 173 Å². The van der Waals surface area contributed by atoms with Crippen molar-refractivity contribution in [3.63, 3.8) is 0 Å². The molecule has 0 spiro atoms. The van der Waals surface area contributed by atoms with Crippen LogP contribution >= 0.6 is 15.2 Å². The number of anilines is 1. The van der Waals surface area contributed by atoms with E-state index < -0.39 is 26.7 Å². The van der Waals surface area contributed by atoms with Gasteiger partial charge in [0.05, 0.1) is 5.52 Å². The van der Waals surface area contributed by atoms with Gasteiger partial charge >= 0.3 is 15.2 Å². The van der Waals surface area contributed by atoms with Gasteiger partial charge in [-0.25, -0.2) is 9.97 Å². The van der Waals surface area contributed by atoms with Crippen molar-refractivity contribution in [1.82, 2.24) is 9.97 Å². The SMILES string of the molecule is O=P(O)(O)C(O)(CCNc1ncnc2ccccc12)P(=O)(O)O. The van der Waals surface area contributed by atoms with Crippen molar-refractivity contribution in [2.45, 2.75) is 11.5 Å². The van der Waals surface area contributed by atoms with Crippen LogP contribution in [0.5, 0.6) is 0 Å². The molecular formula is C11H15N3O7P2. The first kappa shape index (κ1) is 18.0. The predicted octanol–water partition coefficient (Wildman–Crippen LogP) is 0.433. The number of benzene rings is 1. The molecule has 2 rings (SSSR count). The average molecular weight is 363 g/mol. The van der Waals surface area contributed by atoms with E-state index in [0.29, 0.717) is 16.7 Å². The molecule has 23 heavy (non-hydrogen) atoms. The Labute approximate surface area is 130 Å². The second kappa shape index (κ2) is 6.26. The maximum atomic E-state index is 11.3. The quantitative estimate of drug-likeness (QED) is 0.395. The third kappa shape index (κ3) is 3.59. The predicted molar refractivity (Wildman–Crippen MR) is 81.7 cm³/mol. The van der Waals surface area contributed by atoms with E-state index in [1.165, 1.54) is 6.33 Å². The number of rotatable bonds is 6. The van der Waals surface area contributed by atoms with Gasteiger partial charge in [-0.3, -0.25) is 9.13 Å². The zero-order chi connectivity index (χ0) is 17.3. The van der Waals surface area contributed by atoms with Crippen molar-refractivity contribution in [1.29, 1.82) is 0 Å². The van der Waals surface area contributed by atoms with Gasteiger partial charge in [-0.05, 0) is 12.1 Å². The van der Waals surface area contributed by atoms with Crippen LogP contribution in [0, 0.1) is 0 Å². The Morgan fingerprint density at radius 2 is 1.65 bits per heavy atom. The second-order valence-corrected chi connectivity index (χ2v) is 8.79. The minimum Gasteiger partial charge on any atom is -0.369 e. The molecule has 1 aromatic carbocycles. The summed E-state index contributed by atoms with van der Waals surface area (Å²) in [6.07, 6.45) is 0.392. The zero-order valence-corrected chi connectivity index (χ0v) is 13.4. The molecule has 6 N–H and O–H groups in total. The Bertz CT molecular complexity index is 776. The van der Waals surface area contributed by atoms with Gasteiger partial charge in [-0.1, -0.05) is 12.1 Å². The van der Waals surface area contributed by atoms with Crippen LogP contribution in [-0.2, 0) is 9.13 Å². The summed E-state index contributed by atoms with van der Waals surface area (Å²) in [6, 6.07) is 6.93. The van der Waals surface area contributed by atoms with Gasteiger partial charge in [0.1, 0.15) is 12.1 Å². The number of para-hydroxylation sites is 1. The highest BCUT2D eigenvalue weighted by Gasteiger charge is 2.58. The lowest BCUT2D eigenvalue weighted by Crippen LogP contribution is -2.31. The van der Waals surface area contributed by atoms with Crippen molar-refractivity contribution in [2.75, 3.05) is 11.9 Å². The molecule has 1 heterocycles. The van der Waals surface area contributed by atoms with Crippen LogP contribution in [0.4, 0.5) is 5.82 Å². The van der Waals surface area contributed by atoms with Gasteiger partial charge < -0.3 is 30.0 Å². The standard InChI is InChI=1S/C11H15N3O7P2/c15-11(22(16,17)18,23(19,20)21)5-6-12-10-8-3-1-2-4-9(8)13-7-14-10/h1-4,7,15H,5-6H2,(H,12,13,14)(H2,16,17,18)(H2,19,20,21). The van der Waals surface area contributed by atoms with Gasteiger partial charge in [0.25, 0.3) is 5.08 Å². The van der Waals surface area contributed by atoms with Crippen LogP contribution in [-0.4, -0.2) is 46.3 Å². The van der Waals surface area contributed by atoms with Crippen LogP contribution in [0.25, 0.3) is 10.9 Å². The Balaban J connectivity index is 2.20. The molecule has 0 aliphatic rings. The maximum Gasteiger partial charge on any atom is 0.369 e. The van der Waals surface area contributed by atoms with Crippen molar-refractivity contribution in [3.8, 4) is 0 Å². The molecule has 0 amide bonds. The van der Waals surface area contributed by atoms with E-state index in [-0.39, 0.29) is 6.54 Å². The number of aromatic nitrogens is 2. The average Bonchev–Trinajstić information content (AvgIpc) is 2.45. The molecule has 0 atom stereocenters. The van der Waals surface area contributed by atoms with Crippen LogP contribution < -0.4 is 5.32 Å². The zero-order valence-electron chi connectivity index (χ0n) is 11.6. The van der Waals surface area contributed by atoms with Gasteiger partial charge in [-0.15, -0.1) is 0 Å². The Morgan fingerprint density at radius 3 is 2.26 bits per heavy atom. The Morgan fingerprint density at radius 1 is 1.04 bits per heavy atom. The van der Waals surface area contributed by atoms with E-state index in [1.807, 2.05) is 0 Å². The molecule has 0 aliphatic heterocycles. The highest BCUT2D eigenvalue weighted by Crippen LogP contribution is 2.68. The van der Waals surface area contributed by atoms with E-state index in [2.05, 4.69) is 15.3 Å². The minimum atomic E-state index is -5.46. The summed E-state index contributed by atoms with van der Waals surface area (Å²) in [7, 11) is -10.9. The van der Waals surface area contributed by atoms with E-state index in [0.717, 1.165) is 0 Å². The van der Waals surface area contributed by atoms with Crippen molar-refractivity contribution in [2.24, 2.45) is 0 Å². The number of nitrogens with zero attached hydrogens (tertiary/aromatic N) is 2. The molecule has 0 unspecified atom stereocenters. The molecule has 0 saturated carbocycles. The number of hydrogen-bond donors (Lipinski definition) is 6. The minimum absolute atomic E-state index is 0.314. The summed E-state index contributed by atoms with van der Waals surface area (Å²) in [5.41, 5.74) is 0.616. The first-order valence-electron chi connectivity index (χ1n) is 6.33. The van der Waals surface area contributed by atoms with Gasteiger partial charge in [-0.2, -0.15) is 0 Å². The highest BCUT2D eigenvalue weighted by atomic mass is 31.2. The summed E-state index contributed by atoms with van der Waals surface area (Å²) in [6.45, 7) is -0.326. The van der Waals surface area contributed by atoms with Crippen molar-refractivity contribution in [3.05, 3.63) is 30.6 Å². The van der Waals surface area contributed by atoms with Crippen molar-refractivity contribution >= 4 is 31.9 Å². The fraction of sp³-hybridized carbons (Fsp3) is 0.273. The molecular weight excluding hydrogens is 348 g/mol. The lowest BCUT2D eigenvalue weighted by molar-refractivity contribution is 0.126. The van der Waals surface area contributed by atoms with Gasteiger partial charge in [0.15, 0.2) is 0 Å². The number of hydrogen-bond acceptors (Lipinski definition) is 6. The summed E-state index contributed by atoms with van der Waals surface area (Å²) >= 11 is 0. The summed E-state index contributed by atoms with van der Waals surface area (Å²) in [5, 5.41) is 9.63. The second-order valence-electron chi connectivity index (χ2n) is 4.78. The summed E-state index contributed by atoms with van der Waals surface area (Å²) in [4.78, 5) is 44.2. The van der Waals surface area contributed by atoms with Crippen LogP contribution in [0.1, 0.15) is 6.42 Å². The molecule has 126 valence electrons. The first-order valence-corrected chi connectivity index (χ1v) is 9.56. The normalized spacial score (nSPS) is 13.3. The molecule has 12 heteroatoms. The fourth-order valence-electron chi connectivity index (χ4n) is 1.96. The summed E-state index contributed by atoms with van der Waals surface area (Å²) < 4.78 is 22.5. The fourth-order valence-corrected chi connectivity index (χ4v) is 4.12. The third-order valence-electron chi connectivity index (χ3n) is 3.23. The van der Waals surface area contributed by atoms with Crippen molar-refractivity contribution < 1.29 is 33.8 Å². The van der Waals surface area contributed by atoms with Gasteiger partial charge in [0, 0.05) is 18.4 Å². The molecule has 0 aliphatic carbocycles. The largest absolute Gasteiger partial charge is 0.369 e. The van der Waals surface area contributed by atoms with Crippen LogP contribution in [0.2, 0.25) is 0 Å². The summed E-state index contributed by atoms with van der Waals surface area (Å²) in [5.74, 6) is 0.314. The van der Waals surface area contributed by atoms with Crippen LogP contribution in [0.15, 0.2) is 30.6 Å². The Kier molecular flexibility index (Phi) is 4.89. The van der Waals surface area contributed by atoms with E-state index in [9.17, 15) is 14.2 Å². The molecule has 0 bridgehead atoms. The third-order valence-corrected chi connectivity index (χ3v) is 7.11. The Hall–Kier alpha value is -1.38. The molecule has 10 nitrogen and oxygen atoms in total. The first-order chi connectivity index (χ1) is 10.6. The highest BCUT2D eigenvalue weighted by molar-refractivity contribution is 7.72. The van der Waals surface area contributed by atoms with E-state index in [1.54, 1.807) is 24.3 Å². The van der Waals surface area contributed by atoms with E-state index >= 15 is 0 Å². The lowest BCUT2D eigenvalue weighted by Gasteiger charge is -2.29. The maximum absolute atomic E-state index is 11.3. The number of aliphatic hydroxyl groups is 1. The molecule has 0 fully saturated rings. The lowest BCUT2D eigenvalue weighted by atomic mass is 10.2. The molecule has 0 radical (unpaired) electrons. The number of fused-ring (bicyclic) bond motifs is 1. The smallest absolute Gasteiger partial charge is 0.369 e. The molecule has 1 aromatic heterocycles. The number of nitrogens with one attached hydrogen (secondary N) is 1. The van der Waals surface area contributed by atoms with E-state index in [4.69, 9.17) is 19.6 Å². The molecule has 2 aromatic rings. The monoisotopic (exact) mass is 363 g/mol. The van der Waals surface area contributed by atoms with Crippen LogP contribution in [0.3, 0.4) is 0 Å². The molecule has 0 saturated heterocycles. The van der Waals surface area contributed by atoms with Gasteiger partial charge in [0.2, 0.25) is 0 Å².